The van der Waals surface area contributed by atoms with E-state index in [-0.39, 0.29) is 0 Å². The van der Waals surface area contributed by atoms with Crippen LogP contribution >= 0.6 is 6.89 Å². The van der Waals surface area contributed by atoms with Gasteiger partial charge in [-0.25, -0.2) is 9.97 Å². The zero-order chi connectivity index (χ0) is 39.4. The minimum absolute atomic E-state index is 0.656. The lowest BCUT2D eigenvalue weighted by atomic mass is 9.67. The molecule has 0 spiro atoms. The maximum absolute atomic E-state index is 5.57. The van der Waals surface area contributed by atoms with Crippen molar-refractivity contribution in [3.63, 3.8) is 0 Å². The highest BCUT2D eigenvalue weighted by Gasteiger charge is 2.49. The van der Waals surface area contributed by atoms with Crippen LogP contribution in [-0.4, -0.2) is 16.3 Å². The highest BCUT2D eigenvalue weighted by atomic mass is 31.2. The Morgan fingerprint density at radius 1 is 0.373 bits per heavy atom. The van der Waals surface area contributed by atoms with Gasteiger partial charge in [-0.1, -0.05) is 219 Å². The van der Waals surface area contributed by atoms with Crippen molar-refractivity contribution in [2.75, 3.05) is 0 Å². The minimum Gasteiger partial charge on any atom is -0.228 e. The smallest absolute Gasteiger partial charge is 0.160 e. The molecule has 0 fully saturated rings. The molecule has 9 aromatic carbocycles. The summed E-state index contributed by atoms with van der Waals surface area (Å²) in [5, 5.41) is 8.60. The van der Waals surface area contributed by atoms with Gasteiger partial charge in [0.05, 0.1) is 16.8 Å². The van der Waals surface area contributed by atoms with Crippen LogP contribution in [0, 0.1) is 0 Å². The van der Waals surface area contributed by atoms with Gasteiger partial charge in [0.1, 0.15) is 0 Å². The molecular weight excluding hydrogens is 732 g/mol. The first kappa shape index (κ1) is 35.1. The van der Waals surface area contributed by atoms with Crippen LogP contribution in [0.2, 0.25) is 0 Å². The molecule has 10 aromatic rings. The number of hydrogen-bond donors (Lipinski definition) is 0. The summed E-state index contributed by atoms with van der Waals surface area (Å²) in [6, 6.07) is 81.1. The van der Waals surface area contributed by atoms with E-state index in [1.54, 1.807) is 0 Å². The van der Waals surface area contributed by atoms with Crippen molar-refractivity contribution in [2.45, 2.75) is 5.41 Å². The summed E-state index contributed by atoms with van der Waals surface area (Å²) in [6.07, 6.45) is 5.22. The first-order valence-corrected chi connectivity index (χ1v) is 22.1. The van der Waals surface area contributed by atoms with Crippen molar-refractivity contribution >= 4 is 50.6 Å². The first-order chi connectivity index (χ1) is 29.1. The van der Waals surface area contributed by atoms with Crippen LogP contribution in [0.3, 0.4) is 0 Å². The molecule has 0 atom stereocenters. The number of hydrogen-bond acceptors (Lipinski definition) is 2. The Morgan fingerprint density at radius 3 is 1.41 bits per heavy atom. The van der Waals surface area contributed by atoms with Gasteiger partial charge in [-0.05, 0) is 73.2 Å². The molecular formula is C56H39N2P. The molecule has 0 N–H and O–H groups in total. The van der Waals surface area contributed by atoms with E-state index >= 15 is 0 Å². The molecule has 0 saturated carbocycles. The second-order valence-corrected chi connectivity index (χ2v) is 18.6. The fraction of sp³-hybridized carbons (Fsp3) is 0.0179. The van der Waals surface area contributed by atoms with E-state index in [4.69, 9.17) is 16.3 Å². The molecule has 0 aliphatic heterocycles. The van der Waals surface area contributed by atoms with Crippen LogP contribution in [0.25, 0.3) is 55.4 Å². The van der Waals surface area contributed by atoms with Crippen molar-refractivity contribution in [1.82, 2.24) is 9.97 Å². The molecule has 1 aromatic heterocycles. The van der Waals surface area contributed by atoms with Crippen molar-refractivity contribution in [3.8, 4) is 33.9 Å². The third kappa shape index (κ3) is 5.56. The summed E-state index contributed by atoms with van der Waals surface area (Å²) in [4.78, 5) is 11.0. The van der Waals surface area contributed by atoms with E-state index in [0.29, 0.717) is 5.82 Å². The lowest BCUT2D eigenvalue weighted by Crippen LogP contribution is -2.29. The van der Waals surface area contributed by atoms with Crippen LogP contribution in [0.1, 0.15) is 22.3 Å². The van der Waals surface area contributed by atoms with Gasteiger partial charge in [0, 0.05) is 22.3 Å². The van der Waals surface area contributed by atoms with Gasteiger partial charge in [0.25, 0.3) is 0 Å². The summed E-state index contributed by atoms with van der Waals surface area (Å²) in [5.41, 5.74) is 9.06. The largest absolute Gasteiger partial charge is 0.228 e. The zero-order valence-corrected chi connectivity index (χ0v) is 33.3. The number of benzene rings is 9. The summed E-state index contributed by atoms with van der Waals surface area (Å²) in [5.74, 6) is 0.710. The molecule has 2 nitrogen and oxygen atoms in total. The van der Waals surface area contributed by atoms with Crippen LogP contribution in [0.4, 0.5) is 0 Å². The fourth-order valence-corrected chi connectivity index (χ4v) is 12.3. The number of rotatable bonds is 7. The average Bonchev–Trinajstić information content (AvgIpc) is 3.62. The molecule has 1 aliphatic rings. The molecule has 0 bridgehead atoms. The van der Waals surface area contributed by atoms with Crippen molar-refractivity contribution in [2.24, 2.45) is 0 Å². The van der Waals surface area contributed by atoms with Crippen LogP contribution in [-0.2, 0) is 5.41 Å². The predicted octanol–water partition coefficient (Wildman–Crippen LogP) is 12.2. The Balaban J connectivity index is 1.17. The van der Waals surface area contributed by atoms with E-state index < -0.39 is 12.3 Å². The monoisotopic (exact) mass is 770 g/mol. The van der Waals surface area contributed by atoms with Crippen molar-refractivity contribution in [1.29, 1.82) is 0 Å². The Labute approximate surface area is 345 Å². The molecule has 0 unspecified atom stereocenters. The molecule has 278 valence electrons. The highest BCUT2D eigenvalue weighted by Crippen LogP contribution is 2.58. The quantitative estimate of drug-likeness (QED) is 0.151. The van der Waals surface area contributed by atoms with E-state index in [0.717, 1.165) is 33.6 Å². The number of aromatic nitrogens is 2. The van der Waals surface area contributed by atoms with Gasteiger partial charge < -0.3 is 0 Å². The van der Waals surface area contributed by atoms with Gasteiger partial charge in [0.15, 0.2) is 5.82 Å². The topological polar surface area (TPSA) is 25.8 Å². The van der Waals surface area contributed by atoms with Crippen LogP contribution in [0.15, 0.2) is 224 Å². The van der Waals surface area contributed by atoms with Gasteiger partial charge in [0.2, 0.25) is 0 Å². The molecule has 1 heterocycles. The third-order valence-corrected chi connectivity index (χ3v) is 15.7. The standard InChI is InChI=1S/C56H39N2P/c1-59(48-35-29-39-17-11-13-21-43(39)37-48,49-36-30-40-18-12-14-22-44(40)38-49)47-33-31-41(32-34-47)53-52-54(58-55(57-53)42-19-5-2-6-20-42)50-27-15-16-28-51(50)56(52,45-23-7-3-8-24-45)46-25-9-4-10-26-46/h2-38H,1H2. The maximum atomic E-state index is 5.57. The van der Waals surface area contributed by atoms with Gasteiger partial charge in [-0.2, -0.15) is 0 Å². The Hall–Kier alpha value is -7.12. The summed E-state index contributed by atoms with van der Waals surface area (Å²) < 4.78 is 0. The Morgan fingerprint density at radius 2 is 0.831 bits per heavy atom. The molecule has 59 heavy (non-hydrogen) atoms. The number of nitrogens with zero attached hydrogens (tertiary/aromatic N) is 2. The second kappa shape index (κ2) is 14.1. The van der Waals surface area contributed by atoms with Crippen LogP contribution < -0.4 is 15.9 Å². The van der Waals surface area contributed by atoms with Crippen LogP contribution in [0.5, 0.6) is 0 Å². The van der Waals surface area contributed by atoms with Gasteiger partial charge in [-0.15, -0.1) is 0 Å². The number of fused-ring (bicyclic) bond motifs is 5. The van der Waals surface area contributed by atoms with Gasteiger partial charge in [-0.3, -0.25) is 0 Å². The summed E-state index contributed by atoms with van der Waals surface area (Å²) in [7, 11) is 0. The SMILES string of the molecule is C=P(c1ccc(-c2nc(-c3ccccc3)nc3c2C(c2ccccc2)(c2ccccc2)c2ccccc2-3)cc1)(c1ccc2ccccc2c1)c1ccc2ccccc2c1. The van der Waals surface area contributed by atoms with Crippen molar-refractivity contribution < 1.29 is 0 Å². The molecule has 1 aliphatic carbocycles. The fourth-order valence-electron chi connectivity index (χ4n) is 9.38. The second-order valence-electron chi connectivity index (χ2n) is 15.4. The molecule has 0 saturated heterocycles. The molecule has 0 amide bonds. The van der Waals surface area contributed by atoms with E-state index in [1.165, 1.54) is 54.1 Å². The normalized spacial score (nSPS) is 12.9. The van der Waals surface area contributed by atoms with Crippen molar-refractivity contribution in [3.05, 3.63) is 247 Å². The van der Waals surface area contributed by atoms with E-state index in [1.807, 2.05) is 6.07 Å². The summed E-state index contributed by atoms with van der Waals surface area (Å²) >= 11 is 0. The highest BCUT2D eigenvalue weighted by molar-refractivity contribution is 7.93. The lowest BCUT2D eigenvalue weighted by molar-refractivity contribution is 0.763. The lowest BCUT2D eigenvalue weighted by Gasteiger charge is -2.34. The van der Waals surface area contributed by atoms with E-state index in [2.05, 4.69) is 218 Å². The minimum atomic E-state index is -2.37. The summed E-state index contributed by atoms with van der Waals surface area (Å²) in [6.45, 7) is -2.37. The predicted molar refractivity (Wildman–Crippen MR) is 251 cm³/mol. The van der Waals surface area contributed by atoms with Gasteiger partial charge >= 0.3 is 0 Å². The third-order valence-electron chi connectivity index (χ3n) is 12.2. The molecule has 0 radical (unpaired) electrons. The Kier molecular flexibility index (Phi) is 8.36. The molecule has 11 rings (SSSR count). The molecule has 3 heteroatoms. The average molecular weight is 771 g/mol. The Bertz CT molecular complexity index is 3110. The van der Waals surface area contributed by atoms with E-state index in [9.17, 15) is 0 Å². The first-order valence-electron chi connectivity index (χ1n) is 20.1. The zero-order valence-electron chi connectivity index (χ0n) is 32.4. The maximum Gasteiger partial charge on any atom is 0.160 e.